The number of nitrogens with two attached hydrogens (primary N) is 1. The van der Waals surface area contributed by atoms with Crippen molar-refractivity contribution in [2.45, 2.75) is 6.42 Å². The van der Waals surface area contributed by atoms with Gasteiger partial charge in [-0.25, -0.2) is 4.98 Å². The number of nitrogen functional groups attached to an aromatic ring is 1. The second-order valence-corrected chi connectivity index (χ2v) is 3.92. The predicted octanol–water partition coefficient (Wildman–Crippen LogP) is -0.102. The van der Waals surface area contributed by atoms with E-state index in [1.807, 2.05) is 4.90 Å². The van der Waals surface area contributed by atoms with Crippen LogP contribution >= 0.6 is 0 Å². The number of anilines is 2. The van der Waals surface area contributed by atoms with Crippen molar-refractivity contribution in [2.24, 2.45) is 0 Å². The molecule has 0 atom stereocenters. The Morgan fingerprint density at radius 3 is 2.89 bits per heavy atom. The standard InChI is InChI=1S/C10H13N5O3/c11-10-7(15(17)18)1-2-8(13-10)14-5-3-9(16)12-4-6-14/h1-2H,3-6H2,(H2,11,13)(H,12,16). The van der Waals surface area contributed by atoms with Gasteiger partial charge in [0.15, 0.2) is 0 Å². The van der Waals surface area contributed by atoms with E-state index in [2.05, 4.69) is 10.3 Å². The highest BCUT2D eigenvalue weighted by atomic mass is 16.6. The fourth-order valence-corrected chi connectivity index (χ4v) is 1.78. The molecule has 18 heavy (non-hydrogen) atoms. The Labute approximate surface area is 103 Å². The van der Waals surface area contributed by atoms with E-state index >= 15 is 0 Å². The molecule has 0 radical (unpaired) electrons. The zero-order valence-corrected chi connectivity index (χ0v) is 9.63. The molecule has 1 aromatic rings. The lowest BCUT2D eigenvalue weighted by atomic mass is 10.3. The molecule has 1 saturated heterocycles. The molecule has 1 aliphatic rings. The average Bonchev–Trinajstić information content (AvgIpc) is 2.53. The van der Waals surface area contributed by atoms with Gasteiger partial charge in [0.05, 0.1) is 4.92 Å². The summed E-state index contributed by atoms with van der Waals surface area (Å²) in [6.45, 7) is 1.66. The average molecular weight is 251 g/mol. The molecule has 8 heteroatoms. The van der Waals surface area contributed by atoms with Crippen LogP contribution in [-0.2, 0) is 4.79 Å². The Morgan fingerprint density at radius 2 is 2.22 bits per heavy atom. The van der Waals surface area contributed by atoms with Gasteiger partial charge in [-0.2, -0.15) is 0 Å². The number of carbonyl (C=O) groups is 1. The molecule has 0 saturated carbocycles. The van der Waals surface area contributed by atoms with Crippen LogP contribution in [-0.4, -0.2) is 35.4 Å². The van der Waals surface area contributed by atoms with Gasteiger partial charge in [-0.15, -0.1) is 0 Å². The van der Waals surface area contributed by atoms with Gasteiger partial charge >= 0.3 is 5.69 Å². The fourth-order valence-electron chi connectivity index (χ4n) is 1.78. The van der Waals surface area contributed by atoms with Crippen molar-refractivity contribution in [3.05, 3.63) is 22.2 Å². The Hall–Kier alpha value is -2.38. The number of carbonyl (C=O) groups excluding carboxylic acids is 1. The van der Waals surface area contributed by atoms with Crippen LogP contribution in [0.25, 0.3) is 0 Å². The molecule has 1 amide bonds. The lowest BCUT2D eigenvalue weighted by Crippen LogP contribution is -2.29. The first-order valence-electron chi connectivity index (χ1n) is 5.50. The molecular weight excluding hydrogens is 238 g/mol. The Morgan fingerprint density at radius 1 is 1.44 bits per heavy atom. The third kappa shape index (κ3) is 2.47. The summed E-state index contributed by atoms with van der Waals surface area (Å²) < 4.78 is 0. The molecule has 1 aliphatic heterocycles. The first kappa shape index (κ1) is 12.1. The topological polar surface area (TPSA) is 114 Å². The second kappa shape index (κ2) is 4.86. The maximum atomic E-state index is 11.2. The molecule has 2 heterocycles. The molecular formula is C10H13N5O3. The largest absolute Gasteiger partial charge is 0.378 e. The Bertz CT molecular complexity index is 490. The summed E-state index contributed by atoms with van der Waals surface area (Å²) >= 11 is 0. The SMILES string of the molecule is Nc1nc(N2CCNC(=O)CC2)ccc1[N+](=O)[O-]. The summed E-state index contributed by atoms with van der Waals surface area (Å²) in [4.78, 5) is 27.1. The normalized spacial score (nSPS) is 16.0. The van der Waals surface area contributed by atoms with Crippen molar-refractivity contribution in [1.29, 1.82) is 0 Å². The van der Waals surface area contributed by atoms with E-state index in [9.17, 15) is 14.9 Å². The van der Waals surface area contributed by atoms with Crippen molar-refractivity contribution < 1.29 is 9.72 Å². The summed E-state index contributed by atoms with van der Waals surface area (Å²) in [5.74, 6) is 0.433. The summed E-state index contributed by atoms with van der Waals surface area (Å²) in [7, 11) is 0. The van der Waals surface area contributed by atoms with Crippen LogP contribution in [0.5, 0.6) is 0 Å². The highest BCUT2D eigenvalue weighted by Gasteiger charge is 2.18. The van der Waals surface area contributed by atoms with E-state index in [1.165, 1.54) is 6.07 Å². The van der Waals surface area contributed by atoms with E-state index < -0.39 is 4.92 Å². The molecule has 0 spiro atoms. The highest BCUT2D eigenvalue weighted by molar-refractivity contribution is 5.77. The molecule has 3 N–H and O–H groups in total. The van der Waals surface area contributed by atoms with Gasteiger partial charge < -0.3 is 16.0 Å². The zero-order valence-electron chi connectivity index (χ0n) is 9.63. The van der Waals surface area contributed by atoms with E-state index in [0.717, 1.165) is 0 Å². The monoisotopic (exact) mass is 251 g/mol. The number of hydrogen-bond acceptors (Lipinski definition) is 6. The molecule has 0 aliphatic carbocycles. The molecule has 8 nitrogen and oxygen atoms in total. The van der Waals surface area contributed by atoms with E-state index in [0.29, 0.717) is 31.9 Å². The number of nitrogens with zero attached hydrogens (tertiary/aromatic N) is 3. The lowest BCUT2D eigenvalue weighted by Gasteiger charge is -2.20. The summed E-state index contributed by atoms with van der Waals surface area (Å²) in [5, 5.41) is 13.4. The number of nitro groups is 1. The van der Waals surface area contributed by atoms with Gasteiger partial charge in [0.1, 0.15) is 5.82 Å². The van der Waals surface area contributed by atoms with E-state index in [4.69, 9.17) is 5.73 Å². The van der Waals surface area contributed by atoms with Crippen LogP contribution in [0.15, 0.2) is 12.1 Å². The third-order valence-corrected chi connectivity index (χ3v) is 2.72. The van der Waals surface area contributed by atoms with Crippen LogP contribution in [0.4, 0.5) is 17.3 Å². The minimum absolute atomic E-state index is 0.00705. The van der Waals surface area contributed by atoms with Gasteiger partial charge in [-0.3, -0.25) is 14.9 Å². The Balaban J connectivity index is 2.20. The molecule has 0 bridgehead atoms. The van der Waals surface area contributed by atoms with Gasteiger partial charge in [0.25, 0.3) is 0 Å². The first-order valence-corrected chi connectivity index (χ1v) is 5.50. The molecule has 96 valence electrons. The van der Waals surface area contributed by atoms with Crippen molar-refractivity contribution in [3.8, 4) is 0 Å². The van der Waals surface area contributed by atoms with Gasteiger partial charge in [-0.1, -0.05) is 0 Å². The Kier molecular flexibility index (Phi) is 3.26. The van der Waals surface area contributed by atoms with Crippen LogP contribution in [0.3, 0.4) is 0 Å². The van der Waals surface area contributed by atoms with Crippen LogP contribution < -0.4 is 16.0 Å². The lowest BCUT2D eigenvalue weighted by molar-refractivity contribution is -0.384. The van der Waals surface area contributed by atoms with E-state index in [1.54, 1.807) is 6.07 Å². The number of amides is 1. The first-order chi connectivity index (χ1) is 8.58. The zero-order chi connectivity index (χ0) is 13.1. The minimum Gasteiger partial charge on any atom is -0.378 e. The maximum Gasteiger partial charge on any atom is 0.311 e. The number of hydrogen-bond donors (Lipinski definition) is 2. The summed E-state index contributed by atoms with van der Waals surface area (Å²) in [6, 6.07) is 2.88. The van der Waals surface area contributed by atoms with Crippen molar-refractivity contribution >= 4 is 23.2 Å². The molecule has 0 unspecified atom stereocenters. The van der Waals surface area contributed by atoms with Crippen LogP contribution in [0.1, 0.15) is 6.42 Å². The van der Waals surface area contributed by atoms with Gasteiger partial charge in [0, 0.05) is 32.1 Å². The molecule has 0 aromatic carbocycles. The fraction of sp³-hybridized carbons (Fsp3) is 0.400. The smallest absolute Gasteiger partial charge is 0.311 e. The number of rotatable bonds is 2. The quantitative estimate of drug-likeness (QED) is 0.560. The predicted molar refractivity (Wildman–Crippen MR) is 65.1 cm³/mol. The van der Waals surface area contributed by atoms with Crippen molar-refractivity contribution in [1.82, 2.24) is 10.3 Å². The van der Waals surface area contributed by atoms with Crippen LogP contribution in [0, 0.1) is 10.1 Å². The van der Waals surface area contributed by atoms with E-state index in [-0.39, 0.29) is 17.4 Å². The van der Waals surface area contributed by atoms with Gasteiger partial charge in [0.2, 0.25) is 11.7 Å². The minimum atomic E-state index is -0.570. The number of nitrogens with one attached hydrogen (secondary N) is 1. The summed E-state index contributed by atoms with van der Waals surface area (Å²) in [5.41, 5.74) is 5.33. The molecule has 1 fully saturated rings. The second-order valence-electron chi connectivity index (χ2n) is 3.92. The van der Waals surface area contributed by atoms with Gasteiger partial charge in [-0.05, 0) is 6.07 Å². The molecule has 2 rings (SSSR count). The van der Waals surface area contributed by atoms with Crippen molar-refractivity contribution in [2.75, 3.05) is 30.3 Å². The number of pyridine rings is 1. The third-order valence-electron chi connectivity index (χ3n) is 2.72. The van der Waals surface area contributed by atoms with Crippen molar-refractivity contribution in [3.63, 3.8) is 0 Å². The highest BCUT2D eigenvalue weighted by Crippen LogP contribution is 2.23. The maximum absolute atomic E-state index is 11.2. The summed E-state index contributed by atoms with van der Waals surface area (Å²) in [6.07, 6.45) is 0.374. The molecule has 1 aromatic heterocycles. The van der Waals surface area contributed by atoms with Crippen LogP contribution in [0.2, 0.25) is 0 Å². The number of aromatic nitrogens is 1.